The summed E-state index contributed by atoms with van der Waals surface area (Å²) < 4.78 is 0. The van der Waals surface area contributed by atoms with Gasteiger partial charge in [0.05, 0.1) is 0 Å². The summed E-state index contributed by atoms with van der Waals surface area (Å²) in [4.78, 5) is 0. The molecule has 4 heteroatoms. The van der Waals surface area contributed by atoms with Crippen LogP contribution >= 0.6 is 37.2 Å². The average Bonchev–Trinajstić information content (AvgIpc) is 0. The Kier molecular flexibility index (Phi) is 253. The van der Waals surface area contributed by atoms with Gasteiger partial charge >= 0.3 is 23.7 Å². The molecule has 31 valence electrons. The Morgan fingerprint density at radius 3 is 0.500 bits per heavy atom. The molecule has 0 aliphatic carbocycles. The van der Waals surface area contributed by atoms with Crippen LogP contribution in [0.15, 0.2) is 0 Å². The summed E-state index contributed by atoms with van der Waals surface area (Å²) in [6.07, 6.45) is 0. The Bertz CT molecular complexity index is 3.25. The minimum absolute atomic E-state index is 0. The van der Waals surface area contributed by atoms with Crippen LogP contribution in [0.2, 0.25) is 0 Å². The van der Waals surface area contributed by atoms with Crippen LogP contribution in [0.1, 0.15) is 0 Å². The number of hydrogen-bond donors (Lipinski definition) is 0. The van der Waals surface area contributed by atoms with Gasteiger partial charge in [-0.3, -0.25) is 0 Å². The van der Waals surface area contributed by atoms with Crippen molar-refractivity contribution in [3.8, 4) is 0 Å². The van der Waals surface area contributed by atoms with E-state index in [0.29, 0.717) is 0 Å². The molecule has 4 heavy (non-hydrogen) atoms. The first-order valence-electron chi connectivity index (χ1n) is 0. The Hall–Kier alpha value is 1.66. The quantitative estimate of drug-likeness (QED) is 0.542. The summed E-state index contributed by atoms with van der Waals surface area (Å²) in [5.41, 5.74) is 0. The normalized spacial score (nSPS) is 0. The van der Waals surface area contributed by atoms with Gasteiger partial charge in [-0.2, -0.15) is 0 Å². The van der Waals surface area contributed by atoms with E-state index in [2.05, 4.69) is 0 Å². The van der Waals surface area contributed by atoms with E-state index in [9.17, 15) is 0 Å². The molecular weight excluding hydrogens is 234 g/mol. The Balaban J connectivity index is 0. The number of rotatable bonds is 0. The average molecular weight is 238 g/mol. The zero-order valence-electron chi connectivity index (χ0n) is 1.67. The van der Waals surface area contributed by atoms with E-state index in [1.807, 2.05) is 0 Å². The van der Waals surface area contributed by atoms with Crippen molar-refractivity contribution in [3.63, 3.8) is 0 Å². The van der Waals surface area contributed by atoms with E-state index in [1.54, 1.807) is 0 Å². The van der Waals surface area contributed by atoms with Crippen LogP contribution in [0.25, 0.3) is 0 Å². The molecule has 0 nitrogen and oxygen atoms in total. The van der Waals surface area contributed by atoms with E-state index >= 15 is 0 Å². The molecule has 0 rings (SSSR count). The molecule has 0 saturated heterocycles. The molecule has 0 saturated carbocycles. The van der Waals surface area contributed by atoms with E-state index in [1.165, 1.54) is 0 Å². The second-order valence-electron chi connectivity index (χ2n) is 0. The van der Waals surface area contributed by atoms with E-state index in [0.717, 1.165) is 0 Å². The second kappa shape index (κ2) is 22.7. The molecule has 0 N–H and O–H groups in total. The second-order valence-corrected chi connectivity index (χ2v) is 0. The molecule has 0 aromatic rings. The van der Waals surface area contributed by atoms with Gasteiger partial charge in [0.25, 0.3) is 0 Å². The zero-order chi connectivity index (χ0) is 0. The van der Waals surface area contributed by atoms with Crippen molar-refractivity contribution in [2.45, 2.75) is 0 Å². The van der Waals surface area contributed by atoms with Crippen molar-refractivity contribution in [3.05, 3.63) is 0 Å². The van der Waals surface area contributed by atoms with Gasteiger partial charge in [0, 0.05) is 0 Å². The van der Waals surface area contributed by atoms with Crippen molar-refractivity contribution in [2.75, 3.05) is 0 Å². The molecule has 0 amide bonds. The van der Waals surface area contributed by atoms with E-state index in [4.69, 9.17) is 0 Å². The molecule has 0 bridgehead atoms. The fraction of sp³-hybridized carbons (Fsp3) is 0. The van der Waals surface area contributed by atoms with Crippen LogP contribution in [-0.4, -0.2) is 23.7 Å². The standard InChI is InChI=1S/3ClH.HTe/h4*1H. The predicted molar refractivity (Wildman–Crippen MR) is 28.9 cm³/mol. The Morgan fingerprint density at radius 2 is 0.500 bits per heavy atom. The zero-order valence-corrected chi connectivity index (χ0v) is 6.67. The van der Waals surface area contributed by atoms with Gasteiger partial charge in [0.1, 0.15) is 0 Å². The van der Waals surface area contributed by atoms with Gasteiger partial charge in [-0.15, -0.1) is 37.2 Å². The molecule has 0 atom stereocenters. The summed E-state index contributed by atoms with van der Waals surface area (Å²) in [6.45, 7) is 0. The SMILES string of the molecule is Cl.Cl.Cl.[TeH]. The van der Waals surface area contributed by atoms with Crippen LogP contribution in [0.5, 0.6) is 0 Å². The van der Waals surface area contributed by atoms with Gasteiger partial charge in [0.2, 0.25) is 0 Å². The predicted octanol–water partition coefficient (Wildman–Crippen LogP) is 0.617. The summed E-state index contributed by atoms with van der Waals surface area (Å²) in [5.74, 6) is 0. The van der Waals surface area contributed by atoms with Crippen LogP contribution in [0.3, 0.4) is 0 Å². The molecule has 0 aromatic heterocycles. The first kappa shape index (κ1) is 44.6. The van der Waals surface area contributed by atoms with Crippen molar-refractivity contribution in [1.82, 2.24) is 0 Å². The van der Waals surface area contributed by atoms with Crippen molar-refractivity contribution in [1.29, 1.82) is 0 Å². The third-order valence-electron chi connectivity index (χ3n) is 0. The van der Waals surface area contributed by atoms with Gasteiger partial charge in [0.15, 0.2) is 0 Å². The number of halogens is 3. The molecular formula is H4Cl3Te. The monoisotopic (exact) mass is 239 g/mol. The summed E-state index contributed by atoms with van der Waals surface area (Å²) >= 11 is 0. The molecule has 0 aromatic carbocycles. The van der Waals surface area contributed by atoms with E-state index < -0.39 is 0 Å². The summed E-state index contributed by atoms with van der Waals surface area (Å²) in [7, 11) is 0. The van der Waals surface area contributed by atoms with Crippen LogP contribution < -0.4 is 0 Å². The fourth-order valence-corrected chi connectivity index (χ4v) is 0. The van der Waals surface area contributed by atoms with E-state index in [-0.39, 0.29) is 60.9 Å². The fourth-order valence-electron chi connectivity index (χ4n) is 0. The molecule has 0 aliphatic rings. The van der Waals surface area contributed by atoms with Crippen molar-refractivity contribution < 1.29 is 0 Å². The summed E-state index contributed by atoms with van der Waals surface area (Å²) in [6, 6.07) is 0. The molecule has 0 aliphatic heterocycles. The molecule has 0 unspecified atom stereocenters. The minimum atomic E-state index is 0. The van der Waals surface area contributed by atoms with Crippen LogP contribution in [-0.2, 0) is 0 Å². The third-order valence-corrected chi connectivity index (χ3v) is 0. The molecule has 0 fully saturated rings. The Morgan fingerprint density at radius 1 is 0.500 bits per heavy atom. The summed E-state index contributed by atoms with van der Waals surface area (Å²) in [5, 5.41) is 0. The van der Waals surface area contributed by atoms with Gasteiger partial charge in [-0.05, 0) is 0 Å². The molecule has 0 spiro atoms. The van der Waals surface area contributed by atoms with Crippen molar-refractivity contribution >= 4 is 60.9 Å². The van der Waals surface area contributed by atoms with Gasteiger partial charge in [-0.25, -0.2) is 0 Å². The Labute approximate surface area is 60.7 Å². The molecule has 1 radical (unpaired) electrons. The van der Waals surface area contributed by atoms with Gasteiger partial charge in [-0.1, -0.05) is 0 Å². The maximum atomic E-state index is 0. The van der Waals surface area contributed by atoms with Crippen LogP contribution in [0.4, 0.5) is 0 Å². The first-order valence-corrected chi connectivity index (χ1v) is 0. The third kappa shape index (κ3) is 9.40. The first-order chi connectivity index (χ1) is 0. The number of hydrogen-bond acceptors (Lipinski definition) is 0. The topological polar surface area (TPSA) is 0 Å². The van der Waals surface area contributed by atoms with Crippen molar-refractivity contribution in [2.24, 2.45) is 0 Å². The molecule has 0 heterocycles. The van der Waals surface area contributed by atoms with Gasteiger partial charge < -0.3 is 0 Å². The van der Waals surface area contributed by atoms with Crippen LogP contribution in [0, 0.1) is 0 Å². The maximum absolute atomic E-state index is 0.